The quantitative estimate of drug-likeness (QED) is 0.458. The molecule has 0 bridgehead atoms. The molecule has 5 atom stereocenters. The molecular weight excluding hydrogens is 443 g/mol. The van der Waals surface area contributed by atoms with Gasteiger partial charge in [0.15, 0.2) is 0 Å². The molecule has 1 saturated carbocycles. The number of hydrogen-bond donors (Lipinski definition) is 4. The number of methoxy groups -OCH3 is 1. The molecule has 3 rings (SSSR count). The molecular formula is C21H30F3N5O4. The second-order valence-corrected chi connectivity index (χ2v) is 8.60. The van der Waals surface area contributed by atoms with Crippen LogP contribution < -0.4 is 26.2 Å². The number of hydrogen-bond acceptors (Lipinski definition) is 7. The Kier molecular flexibility index (Phi) is 8.35. The van der Waals surface area contributed by atoms with Crippen molar-refractivity contribution < 1.29 is 32.2 Å². The van der Waals surface area contributed by atoms with Crippen LogP contribution in [0.1, 0.15) is 44.6 Å². The normalized spacial score (nSPS) is 26.0. The molecule has 1 aromatic rings. The van der Waals surface area contributed by atoms with Crippen LogP contribution in [0.4, 0.5) is 18.0 Å². The van der Waals surface area contributed by atoms with Gasteiger partial charge in [0.1, 0.15) is 6.10 Å². The van der Waals surface area contributed by atoms with E-state index in [0.717, 1.165) is 12.0 Å². The van der Waals surface area contributed by atoms with E-state index in [1.54, 1.807) is 18.3 Å². The van der Waals surface area contributed by atoms with E-state index in [4.69, 9.17) is 9.47 Å². The number of nitrogens with zero attached hydrogens (tertiary/aromatic N) is 1. The van der Waals surface area contributed by atoms with Gasteiger partial charge in [-0.05, 0) is 50.2 Å². The van der Waals surface area contributed by atoms with E-state index in [0.29, 0.717) is 25.1 Å². The lowest BCUT2D eigenvalue weighted by Crippen LogP contribution is -2.45. The molecule has 2 amide bonds. The number of amides is 2. The SMILES string of the molecule is COc1cc(CC(=O)NC2CC([C@H]3CC[C@@H](OC(=O)NC(C)CC(F)(F)F)C3)NN2)ccn1. The number of alkyl halides is 3. The van der Waals surface area contributed by atoms with Crippen molar-refractivity contribution in [2.75, 3.05) is 7.11 Å². The molecule has 1 aromatic heterocycles. The summed E-state index contributed by atoms with van der Waals surface area (Å²) in [6.07, 6.45) is -2.34. The van der Waals surface area contributed by atoms with Crippen LogP contribution in [0.5, 0.6) is 5.88 Å². The van der Waals surface area contributed by atoms with Gasteiger partial charge in [0, 0.05) is 24.3 Å². The maximum Gasteiger partial charge on any atom is 0.407 e. The first-order valence-corrected chi connectivity index (χ1v) is 10.9. The standard InChI is InChI=1S/C21H30F3N5O4/c1-12(11-21(22,23)24)26-20(31)33-15-4-3-14(9-15)16-10-17(29-28-16)27-18(30)7-13-5-6-25-19(8-13)32-2/h5-6,8,12,14-17,28-29H,3-4,7,9-11H2,1-2H3,(H,26,31)(H,27,30)/t12?,14-,15+,16?,17?/m0/s1. The van der Waals surface area contributed by atoms with Crippen LogP contribution in [0.15, 0.2) is 18.3 Å². The van der Waals surface area contributed by atoms with Crippen molar-refractivity contribution in [3.05, 3.63) is 23.9 Å². The number of halogens is 3. The van der Waals surface area contributed by atoms with Crippen LogP contribution in [0.2, 0.25) is 0 Å². The van der Waals surface area contributed by atoms with Crippen LogP contribution in [-0.4, -0.2) is 54.6 Å². The predicted molar refractivity (Wildman–Crippen MR) is 112 cm³/mol. The highest BCUT2D eigenvalue weighted by molar-refractivity contribution is 5.78. The highest BCUT2D eigenvalue weighted by Gasteiger charge is 2.37. The molecule has 0 aromatic carbocycles. The third-order valence-electron chi connectivity index (χ3n) is 5.81. The van der Waals surface area contributed by atoms with E-state index in [2.05, 4.69) is 26.5 Å². The van der Waals surface area contributed by atoms with E-state index in [9.17, 15) is 22.8 Å². The average molecular weight is 473 g/mol. The summed E-state index contributed by atoms with van der Waals surface area (Å²) in [5.74, 6) is 0.525. The number of carbonyl (C=O) groups excluding carboxylic acids is 2. The molecule has 2 fully saturated rings. The average Bonchev–Trinajstić information content (AvgIpc) is 3.35. The maximum absolute atomic E-state index is 12.4. The highest BCUT2D eigenvalue weighted by atomic mass is 19.4. The second kappa shape index (κ2) is 11.0. The molecule has 9 nitrogen and oxygen atoms in total. The Hall–Kier alpha value is -2.60. The highest BCUT2D eigenvalue weighted by Crippen LogP contribution is 2.33. The van der Waals surface area contributed by atoms with E-state index >= 15 is 0 Å². The molecule has 33 heavy (non-hydrogen) atoms. The summed E-state index contributed by atoms with van der Waals surface area (Å²) in [6.45, 7) is 1.29. The minimum Gasteiger partial charge on any atom is -0.481 e. The number of aromatic nitrogens is 1. The monoisotopic (exact) mass is 473 g/mol. The first-order chi connectivity index (χ1) is 15.6. The minimum absolute atomic E-state index is 0.0807. The summed E-state index contributed by atoms with van der Waals surface area (Å²) in [5.41, 5.74) is 7.06. The summed E-state index contributed by atoms with van der Waals surface area (Å²) in [7, 11) is 1.51. The summed E-state index contributed by atoms with van der Waals surface area (Å²) in [6, 6.07) is 2.50. The van der Waals surface area contributed by atoms with Crippen LogP contribution >= 0.6 is 0 Å². The fourth-order valence-electron chi connectivity index (χ4n) is 4.32. The number of rotatable bonds is 8. The van der Waals surface area contributed by atoms with Gasteiger partial charge in [0.25, 0.3) is 0 Å². The minimum atomic E-state index is -4.34. The summed E-state index contributed by atoms with van der Waals surface area (Å²) >= 11 is 0. The van der Waals surface area contributed by atoms with Crippen molar-refractivity contribution in [1.29, 1.82) is 0 Å². The Morgan fingerprint density at radius 2 is 2.06 bits per heavy atom. The van der Waals surface area contributed by atoms with Crippen molar-refractivity contribution in [2.45, 2.75) is 76.0 Å². The molecule has 1 saturated heterocycles. The summed E-state index contributed by atoms with van der Waals surface area (Å²) < 4.78 is 47.6. The zero-order chi connectivity index (χ0) is 24.0. The summed E-state index contributed by atoms with van der Waals surface area (Å²) in [4.78, 5) is 28.3. The fourth-order valence-corrected chi connectivity index (χ4v) is 4.32. The lowest BCUT2D eigenvalue weighted by atomic mass is 9.96. The molecule has 184 valence electrons. The van der Waals surface area contributed by atoms with Gasteiger partial charge in [0.05, 0.1) is 26.1 Å². The van der Waals surface area contributed by atoms with Gasteiger partial charge in [0.2, 0.25) is 11.8 Å². The molecule has 1 aliphatic carbocycles. The van der Waals surface area contributed by atoms with Crippen molar-refractivity contribution >= 4 is 12.0 Å². The van der Waals surface area contributed by atoms with Gasteiger partial charge in [-0.1, -0.05) is 0 Å². The first kappa shape index (κ1) is 25.0. The van der Waals surface area contributed by atoms with Crippen LogP contribution in [0, 0.1) is 5.92 Å². The second-order valence-electron chi connectivity index (χ2n) is 8.60. The van der Waals surface area contributed by atoms with E-state index < -0.39 is 24.7 Å². The molecule has 2 heterocycles. The van der Waals surface area contributed by atoms with Gasteiger partial charge in [-0.15, -0.1) is 0 Å². The van der Waals surface area contributed by atoms with Crippen molar-refractivity contribution in [2.24, 2.45) is 5.92 Å². The van der Waals surface area contributed by atoms with E-state index in [1.807, 2.05) is 0 Å². The predicted octanol–water partition coefficient (Wildman–Crippen LogP) is 2.18. The maximum atomic E-state index is 12.4. The third-order valence-corrected chi connectivity index (χ3v) is 5.81. The number of nitrogens with one attached hydrogen (secondary N) is 4. The molecule has 2 aliphatic rings. The van der Waals surface area contributed by atoms with Gasteiger partial charge in [-0.2, -0.15) is 13.2 Å². The first-order valence-electron chi connectivity index (χ1n) is 10.9. The van der Waals surface area contributed by atoms with Crippen molar-refractivity contribution in [3.8, 4) is 5.88 Å². The third kappa shape index (κ3) is 8.04. The van der Waals surface area contributed by atoms with Gasteiger partial charge in [-0.25, -0.2) is 15.2 Å². The largest absolute Gasteiger partial charge is 0.481 e. The zero-order valence-corrected chi connectivity index (χ0v) is 18.6. The smallest absolute Gasteiger partial charge is 0.407 e. The number of carbonyl (C=O) groups is 2. The molecule has 12 heteroatoms. The number of hydrazine groups is 1. The lowest BCUT2D eigenvalue weighted by Gasteiger charge is -2.20. The molecule has 3 unspecified atom stereocenters. The van der Waals surface area contributed by atoms with E-state index in [-0.39, 0.29) is 36.6 Å². The Morgan fingerprint density at radius 1 is 1.27 bits per heavy atom. The summed E-state index contributed by atoms with van der Waals surface area (Å²) in [5, 5.41) is 5.18. The van der Waals surface area contributed by atoms with Gasteiger partial charge < -0.3 is 20.1 Å². The number of pyridine rings is 1. The Morgan fingerprint density at radius 3 is 2.79 bits per heavy atom. The Bertz CT molecular complexity index is 825. The topological polar surface area (TPSA) is 114 Å². The van der Waals surface area contributed by atoms with Crippen LogP contribution in [-0.2, 0) is 16.0 Å². The molecule has 4 N–H and O–H groups in total. The zero-order valence-electron chi connectivity index (χ0n) is 18.6. The van der Waals surface area contributed by atoms with Gasteiger partial charge >= 0.3 is 12.3 Å². The molecule has 0 spiro atoms. The Balaban J connectivity index is 1.38. The fraction of sp³-hybridized carbons (Fsp3) is 0.667. The lowest BCUT2D eigenvalue weighted by molar-refractivity contribution is -0.138. The molecule has 0 radical (unpaired) electrons. The molecule has 1 aliphatic heterocycles. The van der Waals surface area contributed by atoms with Gasteiger partial charge in [-0.3, -0.25) is 10.2 Å². The van der Waals surface area contributed by atoms with Crippen molar-refractivity contribution in [3.63, 3.8) is 0 Å². The number of alkyl carbamates (subject to hydrolysis) is 1. The number of ether oxygens (including phenoxy) is 2. The van der Waals surface area contributed by atoms with Crippen LogP contribution in [0.25, 0.3) is 0 Å². The van der Waals surface area contributed by atoms with Crippen molar-refractivity contribution in [1.82, 2.24) is 26.5 Å². The Labute approximate surface area is 190 Å². The van der Waals surface area contributed by atoms with Crippen LogP contribution in [0.3, 0.4) is 0 Å². The van der Waals surface area contributed by atoms with E-state index in [1.165, 1.54) is 14.0 Å².